The van der Waals surface area contributed by atoms with Gasteiger partial charge in [0.2, 0.25) is 0 Å². The number of hydrogen-bond donors (Lipinski definition) is 1. The van der Waals surface area contributed by atoms with Crippen molar-refractivity contribution in [1.82, 2.24) is 4.98 Å². The number of hydrogen-bond acceptors (Lipinski definition) is 4. The molecule has 0 fully saturated rings. The molecule has 108 valence electrons. The molecule has 0 aliphatic heterocycles. The lowest BCUT2D eigenvalue weighted by Crippen LogP contribution is -2.28. The molecule has 0 saturated heterocycles. The monoisotopic (exact) mass is 290 g/mol. The first-order valence-corrected chi connectivity index (χ1v) is 7.69. The van der Waals surface area contributed by atoms with Gasteiger partial charge in [0.1, 0.15) is 17.4 Å². The van der Waals surface area contributed by atoms with Crippen molar-refractivity contribution in [3.05, 3.63) is 45.4 Å². The molecule has 0 radical (unpaired) electrons. The Labute approximate surface area is 124 Å². The number of aromatic nitrogens is 1. The van der Waals surface area contributed by atoms with Crippen LogP contribution in [0, 0.1) is 6.92 Å². The zero-order chi connectivity index (χ0) is 14.8. The van der Waals surface area contributed by atoms with E-state index in [-0.39, 0.29) is 5.54 Å². The maximum Gasteiger partial charge on any atom is 0.140 e. The summed E-state index contributed by atoms with van der Waals surface area (Å²) in [6.45, 7) is 8.64. The average molecular weight is 290 g/mol. The molecule has 0 bridgehead atoms. The number of para-hydroxylation sites is 1. The quantitative estimate of drug-likeness (QED) is 0.911. The summed E-state index contributed by atoms with van der Waals surface area (Å²) >= 11 is 1.64. The van der Waals surface area contributed by atoms with Crippen LogP contribution in [-0.2, 0) is 18.6 Å². The van der Waals surface area contributed by atoms with E-state index in [1.807, 2.05) is 39.0 Å². The lowest BCUT2D eigenvalue weighted by molar-refractivity contribution is 0.302. The Balaban J connectivity index is 2.12. The van der Waals surface area contributed by atoms with Crippen LogP contribution in [0.1, 0.15) is 41.9 Å². The summed E-state index contributed by atoms with van der Waals surface area (Å²) in [6, 6.07) is 8.13. The minimum absolute atomic E-state index is 0.346. The molecule has 4 heteroatoms. The van der Waals surface area contributed by atoms with Crippen molar-refractivity contribution in [3.8, 4) is 5.75 Å². The van der Waals surface area contributed by atoms with Crippen molar-refractivity contribution < 1.29 is 4.74 Å². The van der Waals surface area contributed by atoms with Crippen molar-refractivity contribution in [2.24, 2.45) is 5.73 Å². The fraction of sp³-hybridized carbons (Fsp3) is 0.438. The van der Waals surface area contributed by atoms with Gasteiger partial charge in [0.25, 0.3) is 0 Å². The number of ether oxygens (including phenoxy) is 1. The van der Waals surface area contributed by atoms with E-state index in [0.29, 0.717) is 6.61 Å². The molecule has 1 heterocycles. The third-order valence-corrected chi connectivity index (χ3v) is 4.60. The Morgan fingerprint density at radius 2 is 2.00 bits per heavy atom. The van der Waals surface area contributed by atoms with Crippen molar-refractivity contribution in [2.75, 3.05) is 0 Å². The molecule has 0 aliphatic carbocycles. The van der Waals surface area contributed by atoms with Crippen LogP contribution in [0.4, 0.5) is 0 Å². The van der Waals surface area contributed by atoms with Gasteiger partial charge in [-0.05, 0) is 38.8 Å². The first kappa shape index (κ1) is 15.0. The second-order valence-electron chi connectivity index (χ2n) is 5.49. The highest BCUT2D eigenvalue weighted by molar-refractivity contribution is 7.11. The van der Waals surface area contributed by atoms with Crippen molar-refractivity contribution >= 4 is 11.3 Å². The molecular formula is C16H22N2OS. The van der Waals surface area contributed by atoms with E-state index in [1.54, 1.807) is 11.3 Å². The summed E-state index contributed by atoms with van der Waals surface area (Å²) in [7, 11) is 0. The highest BCUT2D eigenvalue weighted by atomic mass is 32.1. The Morgan fingerprint density at radius 1 is 1.30 bits per heavy atom. The minimum Gasteiger partial charge on any atom is -0.486 e. The number of nitrogens with two attached hydrogens (primary N) is 1. The minimum atomic E-state index is -0.346. The van der Waals surface area contributed by atoms with Gasteiger partial charge in [-0.25, -0.2) is 4.98 Å². The number of rotatable bonds is 5. The molecule has 0 aliphatic rings. The number of nitrogens with zero attached hydrogens (tertiary/aromatic N) is 1. The fourth-order valence-electron chi connectivity index (χ4n) is 2.19. The normalized spacial score (nSPS) is 11.7. The van der Waals surface area contributed by atoms with Crippen LogP contribution in [0.3, 0.4) is 0 Å². The summed E-state index contributed by atoms with van der Waals surface area (Å²) in [5, 5.41) is 0.974. The summed E-state index contributed by atoms with van der Waals surface area (Å²) < 4.78 is 5.90. The van der Waals surface area contributed by atoms with E-state index in [4.69, 9.17) is 10.5 Å². The van der Waals surface area contributed by atoms with Crippen LogP contribution >= 0.6 is 11.3 Å². The lowest BCUT2D eigenvalue weighted by atomic mass is 10.0. The van der Waals surface area contributed by atoms with Gasteiger partial charge in [0.15, 0.2) is 0 Å². The van der Waals surface area contributed by atoms with Gasteiger partial charge < -0.3 is 10.5 Å². The molecule has 0 unspecified atom stereocenters. The van der Waals surface area contributed by atoms with E-state index in [9.17, 15) is 0 Å². The van der Waals surface area contributed by atoms with Crippen molar-refractivity contribution in [3.63, 3.8) is 0 Å². The summed E-state index contributed by atoms with van der Waals surface area (Å²) in [4.78, 5) is 5.69. The van der Waals surface area contributed by atoms with Gasteiger partial charge in [-0.3, -0.25) is 0 Å². The average Bonchev–Trinajstić information content (AvgIpc) is 2.78. The van der Waals surface area contributed by atoms with E-state index in [0.717, 1.165) is 27.7 Å². The van der Waals surface area contributed by atoms with Gasteiger partial charge in [-0.15, -0.1) is 11.3 Å². The van der Waals surface area contributed by atoms with Crippen LogP contribution in [0.15, 0.2) is 24.3 Å². The number of aryl methyl sites for hydroxylation is 2. The number of benzene rings is 1. The first-order valence-electron chi connectivity index (χ1n) is 6.88. The first-order chi connectivity index (χ1) is 9.41. The molecule has 0 spiro atoms. The van der Waals surface area contributed by atoms with E-state index in [1.165, 1.54) is 5.56 Å². The smallest absolute Gasteiger partial charge is 0.140 e. The van der Waals surface area contributed by atoms with E-state index < -0.39 is 0 Å². The van der Waals surface area contributed by atoms with E-state index in [2.05, 4.69) is 18.0 Å². The topological polar surface area (TPSA) is 48.1 Å². The zero-order valence-electron chi connectivity index (χ0n) is 12.6. The molecule has 2 N–H and O–H groups in total. The molecule has 0 amide bonds. The maximum absolute atomic E-state index is 6.15. The van der Waals surface area contributed by atoms with Crippen LogP contribution in [0.5, 0.6) is 5.75 Å². The molecule has 0 atom stereocenters. The Bertz CT molecular complexity index is 584. The SMILES string of the molecule is CCc1ccccc1OCc1nc(C)c(C(C)(C)N)s1. The fourth-order valence-corrected chi connectivity index (χ4v) is 3.18. The molecule has 2 aromatic rings. The Hall–Kier alpha value is -1.39. The lowest BCUT2D eigenvalue weighted by Gasteiger charge is -2.16. The summed E-state index contributed by atoms with van der Waals surface area (Å²) in [5.41, 5.74) is 8.03. The maximum atomic E-state index is 6.15. The van der Waals surface area contributed by atoms with Crippen molar-refractivity contribution in [2.45, 2.75) is 46.3 Å². The zero-order valence-corrected chi connectivity index (χ0v) is 13.4. The summed E-state index contributed by atoms with van der Waals surface area (Å²) in [5.74, 6) is 0.941. The van der Waals surface area contributed by atoms with Crippen molar-refractivity contribution in [1.29, 1.82) is 0 Å². The predicted octanol–water partition coefficient (Wildman–Crippen LogP) is 3.79. The van der Waals surface area contributed by atoms with Crippen LogP contribution < -0.4 is 10.5 Å². The van der Waals surface area contributed by atoms with Crippen LogP contribution in [0.2, 0.25) is 0 Å². The standard InChI is InChI=1S/C16H22N2OS/c1-5-12-8-6-7-9-13(12)19-10-14-18-11(2)15(20-14)16(3,4)17/h6-9H,5,10,17H2,1-4H3. The second kappa shape index (κ2) is 5.94. The molecule has 3 nitrogen and oxygen atoms in total. The summed E-state index contributed by atoms with van der Waals surface area (Å²) in [6.07, 6.45) is 0.966. The number of thiazole rings is 1. The highest BCUT2D eigenvalue weighted by Gasteiger charge is 2.21. The van der Waals surface area contributed by atoms with Gasteiger partial charge in [-0.2, -0.15) is 0 Å². The largest absolute Gasteiger partial charge is 0.486 e. The molecule has 1 aromatic carbocycles. The molecule has 2 rings (SSSR count). The molecule has 1 aromatic heterocycles. The van der Waals surface area contributed by atoms with Crippen LogP contribution in [-0.4, -0.2) is 4.98 Å². The van der Waals surface area contributed by atoms with Gasteiger partial charge in [0.05, 0.1) is 5.69 Å². The Morgan fingerprint density at radius 3 is 2.60 bits per heavy atom. The van der Waals surface area contributed by atoms with Crippen LogP contribution in [0.25, 0.3) is 0 Å². The van der Waals surface area contributed by atoms with Gasteiger partial charge >= 0.3 is 0 Å². The van der Waals surface area contributed by atoms with E-state index >= 15 is 0 Å². The predicted molar refractivity (Wildman–Crippen MR) is 84.2 cm³/mol. The highest BCUT2D eigenvalue weighted by Crippen LogP contribution is 2.28. The van der Waals surface area contributed by atoms with Gasteiger partial charge in [0, 0.05) is 10.4 Å². The molecule has 20 heavy (non-hydrogen) atoms. The Kier molecular flexibility index (Phi) is 4.45. The second-order valence-corrected chi connectivity index (χ2v) is 6.58. The third-order valence-electron chi connectivity index (χ3n) is 3.13. The van der Waals surface area contributed by atoms with Gasteiger partial charge in [-0.1, -0.05) is 25.1 Å². The molecule has 0 saturated carbocycles. The molecular weight excluding hydrogens is 268 g/mol. The third kappa shape index (κ3) is 3.38.